The van der Waals surface area contributed by atoms with Crippen LogP contribution in [0, 0.1) is 0 Å². The first-order valence-electron chi connectivity index (χ1n) is 8.29. The van der Waals surface area contributed by atoms with Crippen LogP contribution in [0.15, 0.2) is 24.3 Å². The summed E-state index contributed by atoms with van der Waals surface area (Å²) in [6, 6.07) is 8.23. The third-order valence-electron chi connectivity index (χ3n) is 4.62. The molecule has 1 amide bonds. The molecule has 5 heteroatoms. The summed E-state index contributed by atoms with van der Waals surface area (Å²) >= 11 is 0. The zero-order chi connectivity index (χ0) is 16.2. The second-order valence-electron chi connectivity index (χ2n) is 6.87. The molecule has 3 N–H and O–H groups in total. The van der Waals surface area contributed by atoms with Crippen LogP contribution in [0.4, 0.5) is 0 Å². The van der Waals surface area contributed by atoms with Gasteiger partial charge in [-0.2, -0.15) is 0 Å². The fourth-order valence-corrected chi connectivity index (χ4v) is 3.00. The fourth-order valence-electron chi connectivity index (χ4n) is 3.00. The number of hydrogen-bond donors (Lipinski definition) is 2. The number of nitrogens with two attached hydrogens (primary N) is 1. The Morgan fingerprint density at radius 2 is 2.00 bits per heavy atom. The Morgan fingerprint density at radius 1 is 1.35 bits per heavy atom. The van der Waals surface area contributed by atoms with Gasteiger partial charge in [0.25, 0.3) is 0 Å². The molecule has 2 rings (SSSR count). The lowest BCUT2D eigenvalue weighted by Gasteiger charge is -2.41. The molecule has 1 unspecified atom stereocenters. The molecule has 1 aliphatic rings. The van der Waals surface area contributed by atoms with Crippen molar-refractivity contribution in [3.8, 4) is 0 Å². The topological polar surface area (TPSA) is 58.4 Å². The molecule has 1 heterocycles. The molecular weight excluding hydrogens is 310 g/mol. The second kappa shape index (κ2) is 8.67. The van der Waals surface area contributed by atoms with Crippen molar-refractivity contribution in [2.45, 2.75) is 58.2 Å². The van der Waals surface area contributed by atoms with Crippen molar-refractivity contribution in [1.29, 1.82) is 0 Å². The van der Waals surface area contributed by atoms with Crippen molar-refractivity contribution in [3.05, 3.63) is 35.4 Å². The smallest absolute Gasteiger partial charge is 0.236 e. The number of carbonyl (C=O) groups is 1. The molecule has 130 valence electrons. The van der Waals surface area contributed by atoms with E-state index in [2.05, 4.69) is 48.3 Å². The van der Waals surface area contributed by atoms with Crippen molar-refractivity contribution in [2.24, 2.45) is 5.73 Å². The molecule has 1 aliphatic heterocycles. The van der Waals surface area contributed by atoms with Crippen molar-refractivity contribution in [2.75, 3.05) is 13.1 Å². The van der Waals surface area contributed by atoms with Crippen LogP contribution >= 0.6 is 12.4 Å². The van der Waals surface area contributed by atoms with Crippen LogP contribution in [-0.4, -0.2) is 35.5 Å². The number of nitrogens with one attached hydrogen (secondary N) is 1. The third kappa shape index (κ3) is 5.20. The number of fused-ring (bicyclic) bond motifs is 1. The van der Waals surface area contributed by atoms with Gasteiger partial charge >= 0.3 is 0 Å². The molecule has 0 aliphatic carbocycles. The van der Waals surface area contributed by atoms with Crippen LogP contribution in [0.3, 0.4) is 0 Å². The molecule has 0 saturated carbocycles. The Kier molecular flexibility index (Phi) is 7.52. The minimum Gasteiger partial charge on any atom is -0.353 e. The highest BCUT2D eigenvalue weighted by atomic mass is 35.5. The van der Waals surface area contributed by atoms with Crippen LogP contribution in [0.25, 0.3) is 0 Å². The number of hydrogen-bond acceptors (Lipinski definition) is 3. The SMILES string of the molecule is CCCC(N)C(=O)NCC(C)(C)N1CCc2ccccc2C1.Cl. The van der Waals surface area contributed by atoms with Crippen molar-refractivity contribution in [1.82, 2.24) is 10.2 Å². The van der Waals surface area contributed by atoms with Gasteiger partial charge in [-0.1, -0.05) is 37.6 Å². The average Bonchev–Trinajstić information content (AvgIpc) is 2.52. The number of nitrogens with zero attached hydrogens (tertiary/aromatic N) is 1. The Bertz CT molecular complexity index is 519. The van der Waals surface area contributed by atoms with E-state index in [1.807, 2.05) is 6.92 Å². The summed E-state index contributed by atoms with van der Waals surface area (Å²) in [5.41, 5.74) is 8.65. The molecule has 1 aromatic carbocycles. The summed E-state index contributed by atoms with van der Waals surface area (Å²) in [4.78, 5) is 14.5. The predicted molar refractivity (Wildman–Crippen MR) is 97.8 cm³/mol. The average molecular weight is 340 g/mol. The number of halogens is 1. The number of benzene rings is 1. The summed E-state index contributed by atoms with van der Waals surface area (Å²) < 4.78 is 0. The molecule has 0 bridgehead atoms. The summed E-state index contributed by atoms with van der Waals surface area (Å²) in [5, 5.41) is 3.02. The Balaban J connectivity index is 0.00000264. The van der Waals surface area contributed by atoms with Crippen LogP contribution in [0.5, 0.6) is 0 Å². The lowest BCUT2D eigenvalue weighted by atomic mass is 9.94. The fraction of sp³-hybridized carbons (Fsp3) is 0.611. The van der Waals surface area contributed by atoms with Crippen molar-refractivity contribution >= 4 is 18.3 Å². The van der Waals surface area contributed by atoms with Crippen LogP contribution < -0.4 is 11.1 Å². The van der Waals surface area contributed by atoms with E-state index >= 15 is 0 Å². The van der Waals surface area contributed by atoms with Gasteiger partial charge < -0.3 is 11.1 Å². The van der Waals surface area contributed by atoms with E-state index in [4.69, 9.17) is 5.73 Å². The maximum atomic E-state index is 12.0. The first-order valence-corrected chi connectivity index (χ1v) is 8.29. The monoisotopic (exact) mass is 339 g/mol. The largest absolute Gasteiger partial charge is 0.353 e. The molecule has 0 fully saturated rings. The van der Waals surface area contributed by atoms with Gasteiger partial charge in [-0.3, -0.25) is 9.69 Å². The van der Waals surface area contributed by atoms with E-state index in [1.54, 1.807) is 0 Å². The van der Waals surface area contributed by atoms with Crippen molar-refractivity contribution in [3.63, 3.8) is 0 Å². The lowest BCUT2D eigenvalue weighted by Crippen LogP contribution is -2.54. The molecule has 1 aromatic rings. The zero-order valence-electron chi connectivity index (χ0n) is 14.5. The predicted octanol–water partition coefficient (Wildman–Crippen LogP) is 2.49. The van der Waals surface area contributed by atoms with Gasteiger partial charge in [-0.15, -0.1) is 12.4 Å². The summed E-state index contributed by atoms with van der Waals surface area (Å²) in [6.07, 6.45) is 2.74. The number of amides is 1. The van der Waals surface area contributed by atoms with Gasteiger partial charge in [-0.05, 0) is 37.8 Å². The summed E-state index contributed by atoms with van der Waals surface area (Å²) in [6.45, 7) is 9.02. The maximum absolute atomic E-state index is 12.0. The van der Waals surface area contributed by atoms with Gasteiger partial charge in [0.05, 0.1) is 6.04 Å². The molecule has 1 atom stereocenters. The van der Waals surface area contributed by atoms with E-state index in [9.17, 15) is 4.79 Å². The van der Waals surface area contributed by atoms with Gasteiger partial charge in [0.2, 0.25) is 5.91 Å². The van der Waals surface area contributed by atoms with E-state index < -0.39 is 0 Å². The highest BCUT2D eigenvalue weighted by Crippen LogP contribution is 2.24. The summed E-state index contributed by atoms with van der Waals surface area (Å²) in [7, 11) is 0. The number of rotatable bonds is 6. The minimum absolute atomic E-state index is 0. The lowest BCUT2D eigenvalue weighted by molar-refractivity contribution is -0.123. The quantitative estimate of drug-likeness (QED) is 0.837. The van der Waals surface area contributed by atoms with Crippen LogP contribution in [-0.2, 0) is 17.8 Å². The van der Waals surface area contributed by atoms with Crippen molar-refractivity contribution < 1.29 is 4.79 Å². The van der Waals surface area contributed by atoms with Crippen LogP contribution in [0.2, 0.25) is 0 Å². The number of carbonyl (C=O) groups excluding carboxylic acids is 1. The Labute approximate surface area is 146 Å². The Hall–Kier alpha value is -1.10. The standard InChI is InChI=1S/C18H29N3O.ClH/c1-4-7-16(19)17(22)20-13-18(2,3)21-11-10-14-8-5-6-9-15(14)12-21;/h5-6,8-9,16H,4,7,10-13,19H2,1-3H3,(H,20,22);1H. The zero-order valence-corrected chi connectivity index (χ0v) is 15.3. The molecule has 4 nitrogen and oxygen atoms in total. The van der Waals surface area contributed by atoms with Gasteiger partial charge in [0, 0.05) is 25.2 Å². The second-order valence-corrected chi connectivity index (χ2v) is 6.87. The normalized spacial score (nSPS) is 16.2. The molecule has 23 heavy (non-hydrogen) atoms. The Morgan fingerprint density at radius 3 is 2.65 bits per heavy atom. The van der Waals surface area contributed by atoms with E-state index in [0.717, 1.165) is 32.4 Å². The molecule has 0 saturated heterocycles. The highest BCUT2D eigenvalue weighted by Gasteiger charge is 2.30. The first-order chi connectivity index (χ1) is 10.4. The molecule has 0 aromatic heterocycles. The maximum Gasteiger partial charge on any atom is 0.236 e. The van der Waals surface area contributed by atoms with Crippen LogP contribution in [0.1, 0.15) is 44.7 Å². The minimum atomic E-state index is -0.386. The van der Waals surface area contributed by atoms with Gasteiger partial charge in [0.1, 0.15) is 0 Å². The van der Waals surface area contributed by atoms with Gasteiger partial charge in [0.15, 0.2) is 0 Å². The van der Waals surface area contributed by atoms with E-state index in [1.165, 1.54) is 11.1 Å². The molecule has 0 spiro atoms. The highest BCUT2D eigenvalue weighted by molar-refractivity contribution is 5.85. The summed E-state index contributed by atoms with van der Waals surface area (Å²) in [5.74, 6) is -0.0349. The molecule has 0 radical (unpaired) electrons. The van der Waals surface area contributed by atoms with E-state index in [0.29, 0.717) is 6.54 Å². The molecular formula is C18H30ClN3O. The third-order valence-corrected chi connectivity index (χ3v) is 4.62. The van der Waals surface area contributed by atoms with E-state index in [-0.39, 0.29) is 29.9 Å². The van der Waals surface area contributed by atoms with Gasteiger partial charge in [-0.25, -0.2) is 0 Å². The first kappa shape index (κ1) is 19.9.